The highest BCUT2D eigenvalue weighted by molar-refractivity contribution is 5.79. The van der Waals surface area contributed by atoms with Crippen LogP contribution in [0.3, 0.4) is 0 Å². The smallest absolute Gasteiger partial charge is 0.228 e. The number of hydrogen-bond donors (Lipinski definition) is 0. The maximum Gasteiger partial charge on any atom is 0.228 e. The number of ether oxygens (including phenoxy) is 1. The standard InChI is InChI=1S/C16H20N4O2/c17-11-13-3-1-5-18-15(13)19-6-2-7-20(9-8-19)16(21)14-4-10-22-12-14/h1,3,5,14H,2,4,6-10,12H2. The predicted molar refractivity (Wildman–Crippen MR) is 81.3 cm³/mol. The maximum atomic E-state index is 12.5. The SMILES string of the molecule is N#Cc1cccnc1N1CCCN(C(=O)C2CCOC2)CC1. The number of amides is 1. The summed E-state index contributed by atoms with van der Waals surface area (Å²) in [6, 6.07) is 5.75. The van der Waals surface area contributed by atoms with Crippen molar-refractivity contribution in [2.24, 2.45) is 5.92 Å². The summed E-state index contributed by atoms with van der Waals surface area (Å²) in [6.45, 7) is 4.21. The molecule has 2 fully saturated rings. The van der Waals surface area contributed by atoms with E-state index in [1.165, 1.54) is 0 Å². The third-order valence-corrected chi connectivity index (χ3v) is 4.29. The number of rotatable bonds is 2. The van der Waals surface area contributed by atoms with Crippen LogP contribution in [0.5, 0.6) is 0 Å². The molecule has 2 saturated heterocycles. The molecule has 0 aliphatic carbocycles. The molecule has 1 aromatic heterocycles. The largest absolute Gasteiger partial charge is 0.381 e. The number of pyridine rings is 1. The molecule has 6 heteroatoms. The van der Waals surface area contributed by atoms with Crippen LogP contribution in [-0.2, 0) is 9.53 Å². The van der Waals surface area contributed by atoms with Crippen molar-refractivity contribution in [1.82, 2.24) is 9.88 Å². The van der Waals surface area contributed by atoms with Gasteiger partial charge in [0.05, 0.1) is 18.1 Å². The normalized spacial score (nSPS) is 22.2. The Bertz CT molecular complexity index is 578. The maximum absolute atomic E-state index is 12.5. The molecule has 0 radical (unpaired) electrons. The van der Waals surface area contributed by atoms with Crippen molar-refractivity contribution in [3.8, 4) is 6.07 Å². The van der Waals surface area contributed by atoms with Gasteiger partial charge in [0.2, 0.25) is 5.91 Å². The lowest BCUT2D eigenvalue weighted by Gasteiger charge is -2.24. The molecule has 2 aliphatic heterocycles. The van der Waals surface area contributed by atoms with Crippen LogP contribution in [0.1, 0.15) is 18.4 Å². The summed E-state index contributed by atoms with van der Waals surface area (Å²) in [4.78, 5) is 20.9. The van der Waals surface area contributed by atoms with Gasteiger partial charge in [0.25, 0.3) is 0 Å². The Morgan fingerprint density at radius 3 is 3.05 bits per heavy atom. The van der Waals surface area contributed by atoms with Crippen LogP contribution in [-0.4, -0.2) is 55.2 Å². The van der Waals surface area contributed by atoms with Gasteiger partial charge in [-0.05, 0) is 25.0 Å². The van der Waals surface area contributed by atoms with Crippen molar-refractivity contribution >= 4 is 11.7 Å². The van der Waals surface area contributed by atoms with Crippen LogP contribution < -0.4 is 4.90 Å². The number of carbonyl (C=O) groups is 1. The fraction of sp³-hybridized carbons (Fsp3) is 0.562. The van der Waals surface area contributed by atoms with Crippen LogP contribution >= 0.6 is 0 Å². The van der Waals surface area contributed by atoms with Gasteiger partial charge in [0.15, 0.2) is 0 Å². The number of nitriles is 1. The molecular formula is C16H20N4O2. The molecule has 0 aromatic carbocycles. The Labute approximate surface area is 130 Å². The Kier molecular flexibility index (Phi) is 4.54. The molecule has 0 bridgehead atoms. The van der Waals surface area contributed by atoms with Crippen LogP contribution in [0, 0.1) is 17.2 Å². The Morgan fingerprint density at radius 1 is 1.36 bits per heavy atom. The summed E-state index contributed by atoms with van der Waals surface area (Å²) < 4.78 is 5.32. The van der Waals surface area contributed by atoms with E-state index in [4.69, 9.17) is 4.74 Å². The average Bonchev–Trinajstić information content (AvgIpc) is 2.99. The van der Waals surface area contributed by atoms with E-state index in [0.29, 0.717) is 31.9 Å². The van der Waals surface area contributed by atoms with E-state index in [9.17, 15) is 10.1 Å². The first kappa shape index (κ1) is 14.8. The van der Waals surface area contributed by atoms with Crippen molar-refractivity contribution in [2.45, 2.75) is 12.8 Å². The van der Waals surface area contributed by atoms with Crippen LogP contribution in [0.4, 0.5) is 5.82 Å². The zero-order chi connectivity index (χ0) is 15.4. The van der Waals surface area contributed by atoms with Crippen molar-refractivity contribution in [3.05, 3.63) is 23.9 Å². The van der Waals surface area contributed by atoms with Crippen LogP contribution in [0.25, 0.3) is 0 Å². The number of carbonyl (C=O) groups excluding carboxylic acids is 1. The summed E-state index contributed by atoms with van der Waals surface area (Å²) in [5.74, 6) is 0.959. The Morgan fingerprint density at radius 2 is 2.27 bits per heavy atom. The molecule has 1 amide bonds. The molecular weight excluding hydrogens is 280 g/mol. The van der Waals surface area contributed by atoms with Gasteiger partial charge in [0, 0.05) is 39.0 Å². The van der Waals surface area contributed by atoms with E-state index in [0.717, 1.165) is 31.7 Å². The molecule has 2 aliphatic rings. The zero-order valence-corrected chi connectivity index (χ0v) is 12.6. The molecule has 6 nitrogen and oxygen atoms in total. The number of aromatic nitrogens is 1. The Hall–Kier alpha value is -2.13. The quantitative estimate of drug-likeness (QED) is 0.816. The number of anilines is 1. The summed E-state index contributed by atoms with van der Waals surface area (Å²) in [5, 5.41) is 9.21. The first-order chi connectivity index (χ1) is 10.8. The second kappa shape index (κ2) is 6.75. The van der Waals surface area contributed by atoms with Crippen LogP contribution in [0.15, 0.2) is 18.3 Å². The van der Waals surface area contributed by atoms with E-state index in [1.807, 2.05) is 4.90 Å². The molecule has 3 rings (SSSR count). The molecule has 0 N–H and O–H groups in total. The molecule has 3 heterocycles. The lowest BCUT2D eigenvalue weighted by Crippen LogP contribution is -2.39. The average molecular weight is 300 g/mol. The lowest BCUT2D eigenvalue weighted by molar-refractivity contribution is -0.135. The summed E-state index contributed by atoms with van der Waals surface area (Å²) in [6.07, 6.45) is 3.43. The minimum Gasteiger partial charge on any atom is -0.381 e. The minimum atomic E-state index is 0.0241. The van der Waals surface area contributed by atoms with Crippen molar-refractivity contribution in [1.29, 1.82) is 5.26 Å². The van der Waals surface area contributed by atoms with Crippen molar-refractivity contribution in [3.63, 3.8) is 0 Å². The molecule has 1 unspecified atom stereocenters. The van der Waals surface area contributed by atoms with E-state index in [1.54, 1.807) is 18.3 Å². The highest BCUT2D eigenvalue weighted by Crippen LogP contribution is 2.20. The predicted octanol–water partition coefficient (Wildman–Crippen LogP) is 1.03. The van der Waals surface area contributed by atoms with Gasteiger partial charge >= 0.3 is 0 Å². The summed E-state index contributed by atoms with van der Waals surface area (Å²) >= 11 is 0. The van der Waals surface area contributed by atoms with E-state index in [-0.39, 0.29) is 11.8 Å². The fourth-order valence-electron chi connectivity index (χ4n) is 3.07. The van der Waals surface area contributed by atoms with Gasteiger partial charge in [-0.3, -0.25) is 4.79 Å². The summed E-state index contributed by atoms with van der Waals surface area (Å²) in [5.41, 5.74) is 0.589. The monoisotopic (exact) mass is 300 g/mol. The van der Waals surface area contributed by atoms with Gasteiger partial charge in [-0.15, -0.1) is 0 Å². The first-order valence-corrected chi connectivity index (χ1v) is 7.76. The highest BCUT2D eigenvalue weighted by Gasteiger charge is 2.29. The number of hydrogen-bond acceptors (Lipinski definition) is 5. The second-order valence-electron chi connectivity index (χ2n) is 5.71. The van der Waals surface area contributed by atoms with Gasteiger partial charge < -0.3 is 14.5 Å². The third-order valence-electron chi connectivity index (χ3n) is 4.29. The van der Waals surface area contributed by atoms with Gasteiger partial charge in [-0.2, -0.15) is 5.26 Å². The first-order valence-electron chi connectivity index (χ1n) is 7.76. The molecule has 0 saturated carbocycles. The zero-order valence-electron chi connectivity index (χ0n) is 12.6. The molecule has 1 aromatic rings. The van der Waals surface area contributed by atoms with Gasteiger partial charge in [0.1, 0.15) is 11.9 Å². The second-order valence-corrected chi connectivity index (χ2v) is 5.71. The molecule has 1 atom stereocenters. The number of nitrogens with zero attached hydrogens (tertiary/aromatic N) is 4. The highest BCUT2D eigenvalue weighted by atomic mass is 16.5. The van der Waals surface area contributed by atoms with E-state index in [2.05, 4.69) is 16.0 Å². The van der Waals surface area contributed by atoms with Gasteiger partial charge in [-0.1, -0.05) is 0 Å². The third kappa shape index (κ3) is 3.04. The van der Waals surface area contributed by atoms with E-state index < -0.39 is 0 Å². The minimum absolute atomic E-state index is 0.0241. The van der Waals surface area contributed by atoms with Crippen LogP contribution in [0.2, 0.25) is 0 Å². The van der Waals surface area contributed by atoms with Crippen molar-refractivity contribution in [2.75, 3.05) is 44.3 Å². The van der Waals surface area contributed by atoms with Gasteiger partial charge in [-0.25, -0.2) is 4.98 Å². The molecule has 116 valence electrons. The van der Waals surface area contributed by atoms with E-state index >= 15 is 0 Å². The Balaban J connectivity index is 1.67. The summed E-state index contributed by atoms with van der Waals surface area (Å²) in [7, 11) is 0. The lowest BCUT2D eigenvalue weighted by atomic mass is 10.1. The topological polar surface area (TPSA) is 69.5 Å². The fourth-order valence-corrected chi connectivity index (χ4v) is 3.07. The molecule has 22 heavy (non-hydrogen) atoms. The van der Waals surface area contributed by atoms with Crippen molar-refractivity contribution < 1.29 is 9.53 Å². The molecule has 0 spiro atoms.